The van der Waals surface area contributed by atoms with Crippen LogP contribution in [0.3, 0.4) is 0 Å². The summed E-state index contributed by atoms with van der Waals surface area (Å²) < 4.78 is 56.5. The number of halogens is 3. The van der Waals surface area contributed by atoms with Crippen LogP contribution in [0, 0.1) is 23.2 Å². The molecule has 1 aromatic carbocycles. The van der Waals surface area contributed by atoms with Crippen molar-refractivity contribution in [2.24, 2.45) is 11.8 Å². The first-order valence-electron chi connectivity index (χ1n) is 10.3. The maximum atomic E-state index is 13.5. The van der Waals surface area contributed by atoms with E-state index in [1.165, 1.54) is 6.07 Å². The predicted octanol–water partition coefficient (Wildman–Crippen LogP) is 3.81. The molecule has 2 fully saturated rings. The van der Waals surface area contributed by atoms with Crippen molar-refractivity contribution in [3.05, 3.63) is 29.3 Å². The van der Waals surface area contributed by atoms with Crippen LogP contribution >= 0.6 is 0 Å². The van der Waals surface area contributed by atoms with E-state index >= 15 is 0 Å². The first-order chi connectivity index (χ1) is 15.3. The molecule has 3 rings (SSSR count). The highest BCUT2D eigenvalue weighted by Crippen LogP contribution is 2.58. The molecule has 11 heteroatoms. The number of carbonyl (C=O) groups is 3. The number of benzene rings is 1. The van der Waals surface area contributed by atoms with Crippen LogP contribution in [0.15, 0.2) is 18.2 Å². The Morgan fingerprint density at radius 3 is 2.55 bits per heavy atom. The smallest absolute Gasteiger partial charge is 0.435 e. The number of anilines is 1. The molecule has 0 radical (unpaired) electrons. The molecule has 2 aliphatic heterocycles. The van der Waals surface area contributed by atoms with Crippen molar-refractivity contribution in [2.75, 3.05) is 11.5 Å². The topological polar surface area (TPSA) is 106 Å². The fourth-order valence-electron chi connectivity index (χ4n) is 4.86. The number of ether oxygens (including phenoxy) is 3. The molecule has 33 heavy (non-hydrogen) atoms. The summed E-state index contributed by atoms with van der Waals surface area (Å²) in [5.41, 5.74) is -4.45. The van der Waals surface area contributed by atoms with Crippen LogP contribution in [0.2, 0.25) is 0 Å². The summed E-state index contributed by atoms with van der Waals surface area (Å²) in [6.07, 6.45) is -6.26. The van der Waals surface area contributed by atoms with Gasteiger partial charge >= 0.3 is 12.3 Å². The van der Waals surface area contributed by atoms with Gasteiger partial charge in [0.25, 0.3) is 0 Å². The normalized spacial score (nSPS) is 30.4. The van der Waals surface area contributed by atoms with Crippen LogP contribution < -0.4 is 4.90 Å². The summed E-state index contributed by atoms with van der Waals surface area (Å²) in [5.74, 6) is -2.26. The number of carbonyl (C=O) groups excluding carboxylic acids is 3. The van der Waals surface area contributed by atoms with Crippen LogP contribution in [0.5, 0.6) is 0 Å². The van der Waals surface area contributed by atoms with Gasteiger partial charge < -0.3 is 14.2 Å². The lowest BCUT2D eigenvalue weighted by Crippen LogP contribution is -2.55. The molecular formula is C22H23F3N2O6. The van der Waals surface area contributed by atoms with E-state index in [4.69, 9.17) is 19.5 Å². The zero-order chi connectivity index (χ0) is 24.8. The maximum absolute atomic E-state index is 13.5. The van der Waals surface area contributed by atoms with E-state index in [0.29, 0.717) is 11.0 Å². The van der Waals surface area contributed by atoms with Crippen molar-refractivity contribution in [1.29, 1.82) is 5.26 Å². The van der Waals surface area contributed by atoms with Gasteiger partial charge in [-0.3, -0.25) is 14.5 Å². The van der Waals surface area contributed by atoms with Crippen LogP contribution in [0.1, 0.15) is 45.2 Å². The molecule has 2 unspecified atom stereocenters. The van der Waals surface area contributed by atoms with E-state index in [0.717, 1.165) is 12.1 Å². The van der Waals surface area contributed by atoms with Crippen LogP contribution in [0.4, 0.5) is 23.7 Å². The predicted molar refractivity (Wildman–Crippen MR) is 107 cm³/mol. The molecule has 0 spiro atoms. The average molecular weight is 468 g/mol. The summed E-state index contributed by atoms with van der Waals surface area (Å²) in [6.45, 7) is 6.73. The summed E-state index contributed by atoms with van der Waals surface area (Å²) in [6, 6.07) is 4.03. The lowest BCUT2D eigenvalue weighted by Gasteiger charge is -2.39. The fraction of sp³-hybridized carbons (Fsp3) is 0.545. The summed E-state index contributed by atoms with van der Waals surface area (Å²) >= 11 is 0. The van der Waals surface area contributed by atoms with Crippen molar-refractivity contribution < 1.29 is 41.8 Å². The lowest BCUT2D eigenvalue weighted by atomic mass is 9.66. The molecule has 2 amide bonds. The second-order valence-corrected chi connectivity index (χ2v) is 8.51. The minimum Gasteiger partial charge on any atom is -0.435 e. The maximum Gasteiger partial charge on any atom is 0.508 e. The van der Waals surface area contributed by atoms with Gasteiger partial charge in [0.15, 0.2) is 0 Å². The zero-order valence-corrected chi connectivity index (χ0v) is 18.4. The number of hydrogen-bond acceptors (Lipinski definition) is 7. The number of nitriles is 1. The quantitative estimate of drug-likeness (QED) is 0.478. The molecule has 0 aromatic heterocycles. The van der Waals surface area contributed by atoms with E-state index in [1.807, 2.05) is 0 Å². The van der Waals surface area contributed by atoms with Crippen molar-refractivity contribution in [3.63, 3.8) is 0 Å². The Hall–Kier alpha value is -3.13. The van der Waals surface area contributed by atoms with Crippen molar-refractivity contribution in [1.82, 2.24) is 0 Å². The van der Waals surface area contributed by atoms with Gasteiger partial charge in [-0.25, -0.2) is 4.79 Å². The highest BCUT2D eigenvalue weighted by molar-refractivity contribution is 6.08. The number of amides is 2. The Labute approximate surface area is 188 Å². The summed E-state index contributed by atoms with van der Waals surface area (Å²) in [4.78, 5) is 37.8. The Bertz CT molecular complexity index is 1020. The van der Waals surface area contributed by atoms with E-state index in [1.54, 1.807) is 27.7 Å². The second kappa shape index (κ2) is 8.33. The van der Waals surface area contributed by atoms with Crippen LogP contribution in [-0.2, 0) is 30.0 Å². The van der Waals surface area contributed by atoms with E-state index in [9.17, 15) is 27.6 Å². The minimum atomic E-state index is -4.86. The number of hydrogen-bond donors (Lipinski definition) is 0. The van der Waals surface area contributed by atoms with Gasteiger partial charge in [-0.15, -0.1) is 0 Å². The number of alkyl halides is 3. The van der Waals surface area contributed by atoms with Crippen molar-refractivity contribution in [2.45, 2.75) is 57.6 Å². The molecule has 8 nitrogen and oxygen atoms in total. The molecular weight excluding hydrogens is 445 g/mol. The van der Waals surface area contributed by atoms with Gasteiger partial charge in [0, 0.05) is 6.42 Å². The van der Waals surface area contributed by atoms with Gasteiger partial charge in [-0.05, 0) is 44.9 Å². The van der Waals surface area contributed by atoms with Gasteiger partial charge in [-0.1, -0.05) is 6.92 Å². The molecule has 2 saturated heterocycles. The lowest BCUT2D eigenvalue weighted by molar-refractivity contribution is -0.138. The molecule has 0 N–H and O–H groups in total. The van der Waals surface area contributed by atoms with Crippen molar-refractivity contribution in [3.8, 4) is 6.07 Å². The molecule has 1 aromatic rings. The first-order valence-corrected chi connectivity index (χ1v) is 10.3. The van der Waals surface area contributed by atoms with Crippen LogP contribution in [0.25, 0.3) is 0 Å². The third-order valence-corrected chi connectivity index (χ3v) is 6.58. The Kier molecular flexibility index (Phi) is 6.19. The zero-order valence-electron chi connectivity index (χ0n) is 18.4. The number of nitrogens with zero attached hydrogens (tertiary/aromatic N) is 2. The molecule has 2 aliphatic rings. The van der Waals surface area contributed by atoms with E-state index < -0.39 is 58.5 Å². The summed E-state index contributed by atoms with van der Waals surface area (Å²) in [7, 11) is 0. The van der Waals surface area contributed by atoms with Gasteiger partial charge in [0.1, 0.15) is 11.7 Å². The third-order valence-electron chi connectivity index (χ3n) is 6.58. The summed E-state index contributed by atoms with van der Waals surface area (Å²) in [5, 5.41) is 8.99. The molecule has 0 aliphatic carbocycles. The molecule has 2 heterocycles. The number of imide groups is 1. The van der Waals surface area contributed by atoms with Crippen molar-refractivity contribution >= 4 is 24.2 Å². The van der Waals surface area contributed by atoms with Gasteiger partial charge in [-0.2, -0.15) is 18.4 Å². The monoisotopic (exact) mass is 468 g/mol. The number of rotatable bonds is 5. The minimum absolute atomic E-state index is 0.0817. The SMILES string of the molecule is CCOC(=O)O[C@H]1CC2(C)OC1(C)[C@H](C(=O)N(C=O)c1ccc(C#N)c(C(F)(F)F)c1)[C@@H]2C. The molecule has 0 saturated carbocycles. The molecule has 5 atom stereocenters. The highest BCUT2D eigenvalue weighted by atomic mass is 19.4. The Morgan fingerprint density at radius 1 is 1.36 bits per heavy atom. The van der Waals surface area contributed by atoms with Crippen LogP contribution in [-0.4, -0.2) is 42.4 Å². The second-order valence-electron chi connectivity index (χ2n) is 8.51. The molecule has 2 bridgehead atoms. The standard InChI is InChI=1S/C22H23F3N2O6/c1-5-31-19(30)32-16-9-20(3)12(2)17(21(16,4)33-20)18(29)27(11-28)14-7-6-13(10-26)15(8-14)22(23,24)25/h6-8,11-12,16-17H,5,9H2,1-4H3/t12-,16-,17-,20?,21?/m0/s1. The van der Waals surface area contributed by atoms with E-state index in [-0.39, 0.29) is 25.1 Å². The van der Waals surface area contributed by atoms with Gasteiger partial charge in [0.05, 0.1) is 41.0 Å². The average Bonchev–Trinajstić information content (AvgIpc) is 3.10. The largest absolute Gasteiger partial charge is 0.508 e. The first kappa shape index (κ1) is 24.5. The van der Waals surface area contributed by atoms with Gasteiger partial charge in [0.2, 0.25) is 12.3 Å². The number of fused-ring (bicyclic) bond motifs is 2. The highest BCUT2D eigenvalue weighted by Gasteiger charge is 2.70. The molecule has 178 valence electrons. The Balaban J connectivity index is 1.98. The fourth-order valence-corrected chi connectivity index (χ4v) is 4.86. The van der Waals surface area contributed by atoms with E-state index in [2.05, 4.69) is 0 Å². The third kappa shape index (κ3) is 4.04. The Morgan fingerprint density at radius 2 is 2.03 bits per heavy atom.